The van der Waals surface area contributed by atoms with Crippen LogP contribution in [0.2, 0.25) is 0 Å². The molecular formula is C37H56N2O. The molecule has 1 aromatic heterocycles. The van der Waals surface area contributed by atoms with Crippen LogP contribution in [0.1, 0.15) is 141 Å². The van der Waals surface area contributed by atoms with Crippen molar-refractivity contribution in [2.45, 2.75) is 142 Å². The molecule has 0 saturated heterocycles. The molecule has 3 nitrogen and oxygen atoms in total. The third kappa shape index (κ3) is 11.6. The van der Waals surface area contributed by atoms with Crippen molar-refractivity contribution in [3.8, 4) is 23.1 Å². The van der Waals surface area contributed by atoms with Crippen molar-refractivity contribution in [1.29, 1.82) is 5.26 Å². The van der Waals surface area contributed by atoms with Crippen molar-refractivity contribution in [1.82, 2.24) is 4.98 Å². The van der Waals surface area contributed by atoms with E-state index < -0.39 is 0 Å². The first-order valence-electron chi connectivity index (χ1n) is 16.8. The van der Waals surface area contributed by atoms with Crippen molar-refractivity contribution in [2.24, 2.45) is 11.3 Å². The molecule has 40 heavy (non-hydrogen) atoms. The number of benzene rings is 1. The number of hydrogen-bond acceptors (Lipinski definition) is 3. The lowest BCUT2D eigenvalue weighted by molar-refractivity contribution is 0.144. The molecule has 0 unspecified atom stereocenters. The number of pyridine rings is 1. The van der Waals surface area contributed by atoms with Crippen LogP contribution in [0, 0.1) is 22.7 Å². The molecule has 1 heterocycles. The Labute approximate surface area is 246 Å². The summed E-state index contributed by atoms with van der Waals surface area (Å²) in [5.41, 5.74) is 3.42. The molecule has 1 fully saturated rings. The van der Waals surface area contributed by atoms with Gasteiger partial charge in [0.2, 0.25) is 0 Å². The van der Waals surface area contributed by atoms with Gasteiger partial charge >= 0.3 is 0 Å². The SMILES string of the molecule is CCCCCCCCCCc1ccc(-c2ccc(OCC3CCC(C#N)(CCCCCCCC)CC3)cc2)nc1. The minimum atomic E-state index is -0.0840. The lowest BCUT2D eigenvalue weighted by atomic mass is 9.69. The maximum atomic E-state index is 9.91. The van der Waals surface area contributed by atoms with Gasteiger partial charge in [0.1, 0.15) is 5.75 Å². The lowest BCUT2D eigenvalue weighted by Crippen LogP contribution is -2.28. The fraction of sp³-hybridized carbons (Fsp3) is 0.676. The van der Waals surface area contributed by atoms with Gasteiger partial charge in [-0.05, 0) is 86.8 Å². The maximum absolute atomic E-state index is 9.91. The molecule has 0 bridgehead atoms. The second kappa shape index (κ2) is 18.9. The zero-order valence-corrected chi connectivity index (χ0v) is 25.8. The zero-order chi connectivity index (χ0) is 28.3. The van der Waals surface area contributed by atoms with Crippen LogP contribution in [0.25, 0.3) is 11.3 Å². The summed E-state index contributed by atoms with van der Waals surface area (Å²) >= 11 is 0. The molecule has 3 heteroatoms. The third-order valence-electron chi connectivity index (χ3n) is 9.09. The van der Waals surface area contributed by atoms with E-state index in [4.69, 9.17) is 9.72 Å². The molecule has 1 aliphatic carbocycles. The Bertz CT molecular complexity index is 951. The van der Waals surface area contributed by atoms with E-state index in [9.17, 15) is 5.26 Å². The minimum Gasteiger partial charge on any atom is -0.493 e. The van der Waals surface area contributed by atoms with E-state index in [0.717, 1.165) is 62.1 Å². The Morgan fingerprint density at radius 1 is 0.775 bits per heavy atom. The highest BCUT2D eigenvalue weighted by Crippen LogP contribution is 2.42. The zero-order valence-electron chi connectivity index (χ0n) is 25.8. The van der Waals surface area contributed by atoms with Gasteiger partial charge in [0.05, 0.1) is 23.8 Å². The average Bonchev–Trinajstić information content (AvgIpc) is 3.00. The molecule has 0 aliphatic heterocycles. The van der Waals surface area contributed by atoms with Crippen molar-refractivity contribution in [2.75, 3.05) is 6.61 Å². The Balaban J connectivity index is 1.33. The summed E-state index contributed by atoms with van der Waals surface area (Å²) in [6.07, 6.45) is 27.2. The van der Waals surface area contributed by atoms with Crippen molar-refractivity contribution in [3.05, 3.63) is 48.2 Å². The standard InChI is InChI=1S/C37H56N2O/c1-3-5-7-9-11-12-13-15-17-32-18-23-36(39-29-32)34-19-21-35(22-20-34)40-30-33-24-27-37(31-38,28-25-33)26-16-14-10-8-6-4-2/h18-23,29,33H,3-17,24-28,30H2,1-2H3. The molecule has 1 saturated carbocycles. The first-order valence-corrected chi connectivity index (χ1v) is 16.8. The van der Waals surface area contributed by atoms with Gasteiger partial charge < -0.3 is 4.74 Å². The second-order valence-electron chi connectivity index (χ2n) is 12.5. The van der Waals surface area contributed by atoms with Crippen LogP contribution >= 0.6 is 0 Å². The number of rotatable bonds is 20. The largest absolute Gasteiger partial charge is 0.493 e. The first-order chi connectivity index (χ1) is 19.7. The number of nitriles is 1. The van der Waals surface area contributed by atoms with Crippen LogP contribution < -0.4 is 4.74 Å². The molecule has 220 valence electrons. The summed E-state index contributed by atoms with van der Waals surface area (Å²) in [5, 5.41) is 9.91. The van der Waals surface area contributed by atoms with Gasteiger partial charge in [-0.25, -0.2) is 0 Å². The fourth-order valence-corrected chi connectivity index (χ4v) is 6.20. The molecule has 3 rings (SSSR count). The molecule has 1 aromatic carbocycles. The van der Waals surface area contributed by atoms with E-state index in [0.29, 0.717) is 5.92 Å². The second-order valence-corrected chi connectivity index (χ2v) is 12.5. The Kier molecular flexibility index (Phi) is 15.2. The van der Waals surface area contributed by atoms with Crippen molar-refractivity contribution < 1.29 is 4.74 Å². The molecule has 0 radical (unpaired) electrons. The van der Waals surface area contributed by atoms with Crippen LogP contribution in [0.15, 0.2) is 42.6 Å². The van der Waals surface area contributed by atoms with Gasteiger partial charge in [-0.2, -0.15) is 5.26 Å². The molecule has 0 spiro atoms. The van der Waals surface area contributed by atoms with Crippen LogP contribution in [0.3, 0.4) is 0 Å². The highest BCUT2D eigenvalue weighted by molar-refractivity contribution is 5.60. The van der Waals surface area contributed by atoms with E-state index in [1.165, 1.54) is 95.5 Å². The average molecular weight is 545 g/mol. The quantitative estimate of drug-likeness (QED) is 0.156. The number of nitrogens with zero attached hydrogens (tertiary/aromatic N) is 2. The predicted octanol–water partition coefficient (Wildman–Crippen LogP) is 11.3. The predicted molar refractivity (Wildman–Crippen MR) is 169 cm³/mol. The smallest absolute Gasteiger partial charge is 0.119 e. The monoisotopic (exact) mass is 544 g/mol. The number of aryl methyl sites for hydroxylation is 1. The van der Waals surface area contributed by atoms with E-state index >= 15 is 0 Å². The van der Waals surface area contributed by atoms with E-state index in [1.807, 2.05) is 0 Å². The number of hydrogen-bond donors (Lipinski definition) is 0. The topological polar surface area (TPSA) is 45.9 Å². The van der Waals surface area contributed by atoms with Crippen LogP contribution in [0.4, 0.5) is 0 Å². The summed E-state index contributed by atoms with van der Waals surface area (Å²) in [5.74, 6) is 1.49. The van der Waals surface area contributed by atoms with Crippen LogP contribution in [0.5, 0.6) is 5.75 Å². The van der Waals surface area contributed by atoms with Gasteiger partial charge in [0, 0.05) is 11.8 Å². The fourth-order valence-electron chi connectivity index (χ4n) is 6.20. The lowest BCUT2D eigenvalue weighted by Gasteiger charge is -2.35. The normalized spacial score (nSPS) is 18.9. The maximum Gasteiger partial charge on any atom is 0.119 e. The first kappa shape index (κ1) is 32.2. The van der Waals surface area contributed by atoms with Gasteiger partial charge in [-0.1, -0.05) is 103 Å². The van der Waals surface area contributed by atoms with E-state index in [1.54, 1.807) is 0 Å². The Hall–Kier alpha value is -2.34. The van der Waals surface area contributed by atoms with Crippen molar-refractivity contribution in [3.63, 3.8) is 0 Å². The summed E-state index contributed by atoms with van der Waals surface area (Å²) in [4.78, 5) is 4.74. The molecule has 0 amide bonds. The van der Waals surface area contributed by atoms with Gasteiger partial charge in [-0.15, -0.1) is 0 Å². The van der Waals surface area contributed by atoms with Crippen molar-refractivity contribution >= 4 is 0 Å². The number of ether oxygens (including phenoxy) is 1. The minimum absolute atomic E-state index is 0.0840. The Morgan fingerprint density at radius 2 is 1.38 bits per heavy atom. The third-order valence-corrected chi connectivity index (χ3v) is 9.09. The summed E-state index contributed by atoms with van der Waals surface area (Å²) in [6.45, 7) is 5.29. The van der Waals surface area contributed by atoms with Gasteiger partial charge in [0.15, 0.2) is 0 Å². The molecule has 0 atom stereocenters. The molecule has 0 N–H and O–H groups in total. The van der Waals surface area contributed by atoms with Gasteiger partial charge in [0.25, 0.3) is 0 Å². The number of aromatic nitrogens is 1. The number of unbranched alkanes of at least 4 members (excludes halogenated alkanes) is 12. The summed E-state index contributed by atoms with van der Waals surface area (Å²) < 4.78 is 6.18. The molecule has 2 aromatic rings. The van der Waals surface area contributed by atoms with E-state index in [2.05, 4.69) is 62.5 Å². The highest BCUT2D eigenvalue weighted by Gasteiger charge is 2.35. The highest BCUT2D eigenvalue weighted by atomic mass is 16.5. The Morgan fingerprint density at radius 3 is 1.95 bits per heavy atom. The molecular weight excluding hydrogens is 488 g/mol. The van der Waals surface area contributed by atoms with Crippen LogP contribution in [-0.4, -0.2) is 11.6 Å². The summed E-state index contributed by atoms with van der Waals surface area (Å²) in [6, 6.07) is 15.5. The summed E-state index contributed by atoms with van der Waals surface area (Å²) in [7, 11) is 0. The van der Waals surface area contributed by atoms with Crippen LogP contribution in [-0.2, 0) is 6.42 Å². The van der Waals surface area contributed by atoms with E-state index in [-0.39, 0.29) is 5.41 Å². The van der Waals surface area contributed by atoms with Gasteiger partial charge in [-0.3, -0.25) is 4.98 Å². The molecule has 1 aliphatic rings.